The van der Waals surface area contributed by atoms with Crippen molar-refractivity contribution in [2.45, 2.75) is 58.1 Å². The fraction of sp³-hybridized carbons (Fsp3) is 0.929. The average Bonchev–Trinajstić information content (AvgIpc) is 2.37. The van der Waals surface area contributed by atoms with E-state index in [2.05, 4.69) is 12.2 Å². The topological polar surface area (TPSA) is 47.6 Å². The SMILES string of the molecule is CCOC(=O)C(CCOC1CCCCC1C)NC. The van der Waals surface area contributed by atoms with Gasteiger partial charge in [0.05, 0.1) is 12.7 Å². The maximum Gasteiger partial charge on any atom is 0.323 e. The molecule has 0 aromatic heterocycles. The van der Waals surface area contributed by atoms with Gasteiger partial charge >= 0.3 is 5.97 Å². The van der Waals surface area contributed by atoms with Gasteiger partial charge in [0.2, 0.25) is 0 Å². The monoisotopic (exact) mass is 257 g/mol. The molecule has 3 unspecified atom stereocenters. The maximum absolute atomic E-state index is 11.6. The molecule has 0 aromatic carbocycles. The minimum absolute atomic E-state index is 0.180. The van der Waals surface area contributed by atoms with Crippen molar-refractivity contribution in [1.29, 1.82) is 0 Å². The summed E-state index contributed by atoms with van der Waals surface area (Å²) in [7, 11) is 1.78. The Kier molecular flexibility index (Phi) is 7.28. The van der Waals surface area contributed by atoms with Gasteiger partial charge in [-0.15, -0.1) is 0 Å². The summed E-state index contributed by atoms with van der Waals surface area (Å²) >= 11 is 0. The zero-order valence-electron chi connectivity index (χ0n) is 11.9. The number of ether oxygens (including phenoxy) is 2. The second-order valence-electron chi connectivity index (χ2n) is 5.05. The van der Waals surface area contributed by atoms with Gasteiger partial charge in [0.25, 0.3) is 0 Å². The molecule has 0 spiro atoms. The molecular weight excluding hydrogens is 230 g/mol. The first kappa shape index (κ1) is 15.4. The van der Waals surface area contributed by atoms with Gasteiger partial charge in [-0.05, 0) is 39.2 Å². The molecule has 4 nitrogen and oxygen atoms in total. The quantitative estimate of drug-likeness (QED) is 0.710. The first-order chi connectivity index (χ1) is 8.69. The van der Waals surface area contributed by atoms with Crippen LogP contribution in [0.3, 0.4) is 0 Å². The van der Waals surface area contributed by atoms with Crippen molar-refractivity contribution < 1.29 is 14.3 Å². The van der Waals surface area contributed by atoms with Crippen LogP contribution in [0.4, 0.5) is 0 Å². The molecule has 1 N–H and O–H groups in total. The summed E-state index contributed by atoms with van der Waals surface area (Å²) in [5, 5.41) is 2.98. The van der Waals surface area contributed by atoms with Crippen molar-refractivity contribution in [3.05, 3.63) is 0 Å². The summed E-state index contributed by atoms with van der Waals surface area (Å²) in [5.74, 6) is 0.467. The molecule has 0 radical (unpaired) electrons. The van der Waals surface area contributed by atoms with E-state index >= 15 is 0 Å². The highest BCUT2D eigenvalue weighted by Crippen LogP contribution is 2.26. The van der Waals surface area contributed by atoms with Crippen LogP contribution in [0.2, 0.25) is 0 Å². The molecule has 18 heavy (non-hydrogen) atoms. The number of rotatable bonds is 7. The van der Waals surface area contributed by atoms with Gasteiger partial charge in [-0.1, -0.05) is 19.8 Å². The van der Waals surface area contributed by atoms with E-state index in [1.165, 1.54) is 19.3 Å². The van der Waals surface area contributed by atoms with Crippen LogP contribution in [0.1, 0.15) is 46.0 Å². The van der Waals surface area contributed by atoms with E-state index in [0.717, 1.165) is 6.42 Å². The van der Waals surface area contributed by atoms with Crippen LogP contribution < -0.4 is 5.32 Å². The van der Waals surface area contributed by atoms with E-state index < -0.39 is 0 Å². The van der Waals surface area contributed by atoms with E-state index in [4.69, 9.17) is 9.47 Å². The first-order valence-corrected chi connectivity index (χ1v) is 7.14. The Labute approximate surface area is 110 Å². The molecule has 1 rings (SSSR count). The summed E-state index contributed by atoms with van der Waals surface area (Å²) in [6, 6.07) is -0.246. The van der Waals surface area contributed by atoms with E-state index in [9.17, 15) is 4.79 Å². The lowest BCUT2D eigenvalue weighted by Crippen LogP contribution is -2.37. The van der Waals surface area contributed by atoms with Crippen molar-refractivity contribution in [1.82, 2.24) is 5.32 Å². The Morgan fingerprint density at radius 3 is 2.72 bits per heavy atom. The zero-order chi connectivity index (χ0) is 13.4. The lowest BCUT2D eigenvalue weighted by molar-refractivity contribution is -0.146. The van der Waals surface area contributed by atoms with Gasteiger partial charge in [0.1, 0.15) is 6.04 Å². The summed E-state index contributed by atoms with van der Waals surface area (Å²) in [6.07, 6.45) is 6.06. The normalized spacial score (nSPS) is 25.7. The molecule has 3 atom stereocenters. The predicted molar refractivity (Wildman–Crippen MR) is 71.5 cm³/mol. The standard InChI is InChI=1S/C14H27NO3/c1-4-17-14(16)12(15-3)9-10-18-13-8-6-5-7-11(13)2/h11-13,15H,4-10H2,1-3H3. The van der Waals surface area contributed by atoms with Crippen molar-refractivity contribution in [3.63, 3.8) is 0 Å². The number of nitrogens with one attached hydrogen (secondary N) is 1. The average molecular weight is 257 g/mol. The molecule has 0 amide bonds. The molecule has 0 bridgehead atoms. The summed E-state index contributed by atoms with van der Waals surface area (Å²) in [5.41, 5.74) is 0. The molecule has 0 heterocycles. The lowest BCUT2D eigenvalue weighted by Gasteiger charge is -2.29. The van der Waals surface area contributed by atoms with Crippen molar-refractivity contribution >= 4 is 5.97 Å². The molecule has 1 saturated carbocycles. The second kappa shape index (κ2) is 8.48. The van der Waals surface area contributed by atoms with E-state index in [1.807, 2.05) is 6.92 Å². The Hall–Kier alpha value is -0.610. The molecule has 0 aromatic rings. The summed E-state index contributed by atoms with van der Waals surface area (Å²) < 4.78 is 10.9. The molecule has 1 aliphatic carbocycles. The summed E-state index contributed by atoms with van der Waals surface area (Å²) in [6.45, 7) is 5.13. The number of hydrogen-bond donors (Lipinski definition) is 1. The molecule has 1 aliphatic rings. The second-order valence-corrected chi connectivity index (χ2v) is 5.05. The number of hydrogen-bond acceptors (Lipinski definition) is 4. The van der Waals surface area contributed by atoms with Crippen LogP contribution in [0, 0.1) is 5.92 Å². The summed E-state index contributed by atoms with van der Waals surface area (Å²) in [4.78, 5) is 11.6. The van der Waals surface area contributed by atoms with Gasteiger partial charge in [-0.2, -0.15) is 0 Å². The van der Waals surface area contributed by atoms with Crippen LogP contribution in [-0.2, 0) is 14.3 Å². The maximum atomic E-state index is 11.6. The minimum Gasteiger partial charge on any atom is -0.465 e. The van der Waals surface area contributed by atoms with Gasteiger partial charge in [-0.25, -0.2) is 0 Å². The van der Waals surface area contributed by atoms with E-state index in [-0.39, 0.29) is 12.0 Å². The van der Waals surface area contributed by atoms with Crippen molar-refractivity contribution in [2.24, 2.45) is 5.92 Å². The molecule has 0 saturated heterocycles. The van der Waals surface area contributed by atoms with Gasteiger partial charge in [0.15, 0.2) is 0 Å². The molecule has 106 valence electrons. The molecule has 0 aliphatic heterocycles. The molecular formula is C14H27NO3. The highest BCUT2D eigenvalue weighted by Gasteiger charge is 2.23. The fourth-order valence-corrected chi connectivity index (χ4v) is 2.49. The molecule has 1 fully saturated rings. The predicted octanol–water partition coefficient (Wildman–Crippen LogP) is 2.12. The number of carbonyl (C=O) groups is 1. The highest BCUT2D eigenvalue weighted by molar-refractivity contribution is 5.75. The number of esters is 1. The van der Waals surface area contributed by atoms with Crippen LogP contribution in [0.15, 0.2) is 0 Å². The highest BCUT2D eigenvalue weighted by atomic mass is 16.5. The van der Waals surface area contributed by atoms with Crippen LogP contribution in [0.25, 0.3) is 0 Å². The van der Waals surface area contributed by atoms with Gasteiger partial charge < -0.3 is 14.8 Å². The van der Waals surface area contributed by atoms with Crippen LogP contribution >= 0.6 is 0 Å². The third-order valence-electron chi connectivity index (χ3n) is 3.69. The third kappa shape index (κ3) is 4.94. The minimum atomic E-state index is -0.246. The van der Waals surface area contributed by atoms with E-state index in [1.54, 1.807) is 7.05 Å². The molecule has 4 heteroatoms. The first-order valence-electron chi connectivity index (χ1n) is 7.14. The van der Waals surface area contributed by atoms with Crippen molar-refractivity contribution in [2.75, 3.05) is 20.3 Å². The Morgan fingerprint density at radius 2 is 2.11 bits per heavy atom. The van der Waals surface area contributed by atoms with Gasteiger partial charge in [-0.3, -0.25) is 4.79 Å². The fourth-order valence-electron chi connectivity index (χ4n) is 2.49. The van der Waals surface area contributed by atoms with Crippen LogP contribution in [-0.4, -0.2) is 38.4 Å². The lowest BCUT2D eigenvalue weighted by atomic mass is 9.88. The van der Waals surface area contributed by atoms with Crippen LogP contribution in [0.5, 0.6) is 0 Å². The Morgan fingerprint density at radius 1 is 1.39 bits per heavy atom. The van der Waals surface area contributed by atoms with E-state index in [0.29, 0.717) is 31.7 Å². The van der Waals surface area contributed by atoms with Crippen molar-refractivity contribution in [3.8, 4) is 0 Å². The number of likely N-dealkylation sites (N-methyl/N-ethyl adjacent to an activating group) is 1. The third-order valence-corrected chi connectivity index (χ3v) is 3.69. The largest absolute Gasteiger partial charge is 0.465 e. The Balaban J connectivity index is 2.23. The zero-order valence-corrected chi connectivity index (χ0v) is 11.9. The smallest absolute Gasteiger partial charge is 0.323 e. The van der Waals surface area contributed by atoms with Gasteiger partial charge in [0, 0.05) is 6.61 Å². The number of carbonyl (C=O) groups excluding carboxylic acids is 1. The Bertz CT molecular complexity index is 245.